The largest absolute Gasteiger partial charge is 0.444 e. The van der Waals surface area contributed by atoms with Crippen LogP contribution < -0.4 is 0 Å². The van der Waals surface area contributed by atoms with E-state index in [4.69, 9.17) is 4.42 Å². The first-order chi connectivity index (χ1) is 8.66. The lowest BCUT2D eigenvalue weighted by Gasteiger charge is -2.06. The van der Waals surface area contributed by atoms with Crippen LogP contribution in [0.25, 0.3) is 11.5 Å². The fourth-order valence-electron chi connectivity index (χ4n) is 1.96. The third-order valence-electron chi connectivity index (χ3n) is 2.94. The first-order valence-electron chi connectivity index (χ1n) is 6.35. The summed E-state index contributed by atoms with van der Waals surface area (Å²) in [5, 5.41) is 0. The molecule has 3 heteroatoms. The van der Waals surface area contributed by atoms with Crippen LogP contribution in [0.1, 0.15) is 32.3 Å². The van der Waals surface area contributed by atoms with Gasteiger partial charge in [0.05, 0.1) is 11.8 Å². The quantitative estimate of drug-likeness (QED) is 0.779. The molecular formula is C15H18FNO. The molecule has 2 aromatic rings. The molecule has 0 bridgehead atoms. The van der Waals surface area contributed by atoms with Gasteiger partial charge in [0.2, 0.25) is 5.89 Å². The van der Waals surface area contributed by atoms with Crippen molar-refractivity contribution in [3.05, 3.63) is 42.0 Å². The monoisotopic (exact) mass is 247 g/mol. The number of oxazole rings is 1. The van der Waals surface area contributed by atoms with Gasteiger partial charge in [0, 0.05) is 0 Å². The molecule has 1 aromatic carbocycles. The van der Waals surface area contributed by atoms with Crippen molar-refractivity contribution in [2.24, 2.45) is 5.92 Å². The van der Waals surface area contributed by atoms with Crippen molar-refractivity contribution in [2.45, 2.75) is 33.1 Å². The zero-order valence-corrected chi connectivity index (χ0v) is 10.8. The number of hydrogen-bond donors (Lipinski definition) is 0. The number of hydrogen-bond acceptors (Lipinski definition) is 2. The summed E-state index contributed by atoms with van der Waals surface area (Å²) in [6.07, 6.45) is 6.26. The van der Waals surface area contributed by atoms with Gasteiger partial charge in [-0.2, -0.15) is 0 Å². The molecule has 0 radical (unpaired) electrons. The Bertz CT molecular complexity index is 491. The van der Waals surface area contributed by atoms with Crippen molar-refractivity contribution >= 4 is 0 Å². The summed E-state index contributed by atoms with van der Waals surface area (Å²) >= 11 is 0. The summed E-state index contributed by atoms with van der Waals surface area (Å²) in [6, 6.07) is 5.16. The van der Waals surface area contributed by atoms with Crippen molar-refractivity contribution in [3.8, 4) is 11.5 Å². The van der Waals surface area contributed by atoms with E-state index in [0.717, 1.165) is 18.4 Å². The Labute approximate surface area is 107 Å². The topological polar surface area (TPSA) is 26.0 Å². The van der Waals surface area contributed by atoms with Crippen LogP contribution in [0.3, 0.4) is 0 Å². The zero-order valence-electron chi connectivity index (χ0n) is 10.8. The van der Waals surface area contributed by atoms with E-state index in [1.165, 1.54) is 24.9 Å². The molecule has 0 aliphatic carbocycles. The molecule has 0 saturated heterocycles. The minimum Gasteiger partial charge on any atom is -0.444 e. The third kappa shape index (κ3) is 3.19. The van der Waals surface area contributed by atoms with Crippen molar-refractivity contribution in [2.75, 3.05) is 0 Å². The van der Waals surface area contributed by atoms with Crippen LogP contribution in [0.5, 0.6) is 0 Å². The molecule has 0 saturated carbocycles. The van der Waals surface area contributed by atoms with E-state index in [-0.39, 0.29) is 5.82 Å². The molecule has 1 heterocycles. The van der Waals surface area contributed by atoms with Crippen LogP contribution in [-0.2, 0) is 6.42 Å². The van der Waals surface area contributed by atoms with Crippen molar-refractivity contribution in [3.63, 3.8) is 0 Å². The molecule has 0 amide bonds. The van der Waals surface area contributed by atoms with Gasteiger partial charge in [-0.1, -0.05) is 26.3 Å². The van der Waals surface area contributed by atoms with Gasteiger partial charge >= 0.3 is 0 Å². The predicted octanol–water partition coefficient (Wildman–Crippen LogP) is 4.46. The fraction of sp³-hybridized carbons (Fsp3) is 0.400. The molecule has 0 atom stereocenters. The number of aromatic nitrogens is 1. The lowest BCUT2D eigenvalue weighted by molar-refractivity contribution is 0.553. The van der Waals surface area contributed by atoms with E-state index in [0.29, 0.717) is 17.4 Å². The van der Waals surface area contributed by atoms with Crippen LogP contribution in [0.15, 0.2) is 35.1 Å². The van der Waals surface area contributed by atoms with E-state index in [1.807, 2.05) is 12.1 Å². The van der Waals surface area contributed by atoms with Crippen LogP contribution in [0, 0.1) is 11.7 Å². The average Bonchev–Trinajstić information content (AvgIpc) is 2.84. The number of benzene rings is 1. The average molecular weight is 247 g/mol. The summed E-state index contributed by atoms with van der Waals surface area (Å²) in [7, 11) is 0. The summed E-state index contributed by atoms with van der Waals surface area (Å²) in [5.74, 6) is 0.764. The number of halogens is 1. The highest BCUT2D eigenvalue weighted by molar-refractivity contribution is 5.55. The molecule has 18 heavy (non-hydrogen) atoms. The Kier molecular flexibility index (Phi) is 4.13. The molecule has 2 nitrogen and oxygen atoms in total. The Hall–Kier alpha value is -1.64. The van der Waals surface area contributed by atoms with E-state index in [9.17, 15) is 4.39 Å². The van der Waals surface area contributed by atoms with Crippen LogP contribution in [0.4, 0.5) is 4.39 Å². The van der Waals surface area contributed by atoms with Gasteiger partial charge in [-0.05, 0) is 36.5 Å². The third-order valence-corrected chi connectivity index (χ3v) is 2.94. The SMILES string of the molecule is CC(C)CCCc1ccc(F)c(-c2ncco2)c1. The molecule has 0 unspecified atom stereocenters. The standard InChI is InChI=1S/C15H18FNO/c1-11(2)4-3-5-12-6-7-14(16)13(10-12)15-17-8-9-18-15/h6-11H,3-5H2,1-2H3. The van der Waals surface area contributed by atoms with Crippen LogP contribution >= 0.6 is 0 Å². The summed E-state index contributed by atoms with van der Waals surface area (Å²) in [5.41, 5.74) is 1.58. The zero-order chi connectivity index (χ0) is 13.0. The van der Waals surface area contributed by atoms with Crippen LogP contribution in [0.2, 0.25) is 0 Å². The van der Waals surface area contributed by atoms with Gasteiger partial charge in [-0.15, -0.1) is 0 Å². The van der Waals surface area contributed by atoms with Gasteiger partial charge in [0.15, 0.2) is 0 Å². The first kappa shape index (κ1) is 12.8. The highest BCUT2D eigenvalue weighted by Gasteiger charge is 2.10. The molecule has 0 aliphatic heterocycles. The van der Waals surface area contributed by atoms with E-state index < -0.39 is 0 Å². The van der Waals surface area contributed by atoms with E-state index in [2.05, 4.69) is 18.8 Å². The summed E-state index contributed by atoms with van der Waals surface area (Å²) < 4.78 is 18.8. The first-order valence-corrected chi connectivity index (χ1v) is 6.35. The smallest absolute Gasteiger partial charge is 0.228 e. The fourth-order valence-corrected chi connectivity index (χ4v) is 1.96. The van der Waals surface area contributed by atoms with Crippen molar-refractivity contribution in [1.29, 1.82) is 0 Å². The summed E-state index contributed by atoms with van der Waals surface area (Å²) in [6.45, 7) is 4.42. The normalized spacial score (nSPS) is 11.1. The Balaban J connectivity index is 2.12. The second-order valence-electron chi connectivity index (χ2n) is 4.94. The molecule has 0 fully saturated rings. The molecule has 2 rings (SSSR count). The minimum atomic E-state index is -0.287. The van der Waals surface area contributed by atoms with Gasteiger partial charge in [-0.25, -0.2) is 9.37 Å². The molecule has 1 aromatic heterocycles. The Morgan fingerprint density at radius 2 is 2.17 bits per heavy atom. The second kappa shape index (κ2) is 5.80. The molecule has 0 N–H and O–H groups in total. The Morgan fingerprint density at radius 3 is 2.83 bits per heavy atom. The van der Waals surface area contributed by atoms with Gasteiger partial charge < -0.3 is 4.42 Å². The van der Waals surface area contributed by atoms with Gasteiger partial charge in [0.1, 0.15) is 12.1 Å². The lowest BCUT2D eigenvalue weighted by atomic mass is 10.0. The molecule has 96 valence electrons. The maximum atomic E-state index is 13.7. The molecular weight excluding hydrogens is 229 g/mol. The number of rotatable bonds is 5. The number of nitrogens with zero attached hydrogens (tertiary/aromatic N) is 1. The summed E-state index contributed by atoms with van der Waals surface area (Å²) in [4.78, 5) is 3.99. The highest BCUT2D eigenvalue weighted by atomic mass is 19.1. The minimum absolute atomic E-state index is 0.287. The molecule has 0 aliphatic rings. The Morgan fingerprint density at radius 1 is 1.33 bits per heavy atom. The highest BCUT2D eigenvalue weighted by Crippen LogP contribution is 2.23. The van der Waals surface area contributed by atoms with Crippen molar-refractivity contribution in [1.82, 2.24) is 4.98 Å². The van der Waals surface area contributed by atoms with Crippen molar-refractivity contribution < 1.29 is 8.81 Å². The van der Waals surface area contributed by atoms with Gasteiger partial charge in [-0.3, -0.25) is 0 Å². The van der Waals surface area contributed by atoms with Gasteiger partial charge in [0.25, 0.3) is 0 Å². The maximum Gasteiger partial charge on any atom is 0.228 e. The second-order valence-corrected chi connectivity index (χ2v) is 4.94. The molecule has 0 spiro atoms. The lowest BCUT2D eigenvalue weighted by Crippen LogP contribution is -1.93. The van der Waals surface area contributed by atoms with E-state index in [1.54, 1.807) is 0 Å². The van der Waals surface area contributed by atoms with Crippen LogP contribution in [-0.4, -0.2) is 4.98 Å². The maximum absolute atomic E-state index is 13.7. The number of aryl methyl sites for hydroxylation is 1. The predicted molar refractivity (Wildman–Crippen MR) is 69.7 cm³/mol. The van der Waals surface area contributed by atoms with E-state index >= 15 is 0 Å².